The number of amides is 1. The Morgan fingerprint density at radius 1 is 1.12 bits per heavy atom. The zero-order chi connectivity index (χ0) is 23.1. The topological polar surface area (TPSA) is 83.0 Å². The fourth-order valence-corrected chi connectivity index (χ4v) is 4.00. The monoisotopic (exact) mass is 452 g/mol. The van der Waals surface area contributed by atoms with Crippen LogP contribution in [0.1, 0.15) is 25.5 Å². The molecule has 0 radical (unpaired) electrons. The van der Waals surface area contributed by atoms with E-state index in [0.29, 0.717) is 28.7 Å². The first-order valence-electron chi connectivity index (χ1n) is 10.4. The lowest BCUT2D eigenvalue weighted by molar-refractivity contribution is -0.139. The van der Waals surface area contributed by atoms with E-state index in [1.165, 1.54) is 11.8 Å². The Bertz CT molecular complexity index is 1020. The number of allylic oxidation sites excluding steroid dienone is 1. The predicted molar refractivity (Wildman–Crippen MR) is 131 cm³/mol. The van der Waals surface area contributed by atoms with Crippen molar-refractivity contribution in [1.29, 1.82) is 0 Å². The first-order valence-corrected chi connectivity index (χ1v) is 11.3. The van der Waals surface area contributed by atoms with Crippen LogP contribution in [-0.2, 0) is 14.3 Å². The summed E-state index contributed by atoms with van der Waals surface area (Å²) < 4.78 is 5.01. The number of hydrogen-bond donors (Lipinski definition) is 2. The highest BCUT2D eigenvalue weighted by Crippen LogP contribution is 2.33. The maximum atomic E-state index is 13.2. The minimum Gasteiger partial charge on any atom is -0.465 e. The fraction of sp³-hybridized carbons (Fsp3) is 0.292. The average molecular weight is 453 g/mol. The van der Waals surface area contributed by atoms with E-state index in [0.717, 1.165) is 11.3 Å². The molecule has 0 saturated heterocycles. The highest BCUT2D eigenvalue weighted by Gasteiger charge is 2.29. The van der Waals surface area contributed by atoms with Gasteiger partial charge in [0.2, 0.25) is 0 Å². The van der Waals surface area contributed by atoms with Crippen LogP contribution in [-0.4, -0.2) is 43.5 Å². The number of aliphatic imine (C=N–C) groups is 1. The number of anilines is 2. The molecule has 8 heteroatoms. The summed E-state index contributed by atoms with van der Waals surface area (Å²) in [7, 11) is 3.95. The number of amidine groups is 1. The molecule has 0 aromatic heterocycles. The van der Waals surface area contributed by atoms with Crippen LogP contribution in [0.5, 0.6) is 0 Å². The molecule has 0 saturated carbocycles. The van der Waals surface area contributed by atoms with Gasteiger partial charge in [-0.05, 0) is 43.7 Å². The van der Waals surface area contributed by atoms with Crippen LogP contribution >= 0.6 is 11.8 Å². The molecule has 7 nitrogen and oxygen atoms in total. The summed E-state index contributed by atoms with van der Waals surface area (Å²) in [5.41, 5.74) is 3.89. The minimum absolute atomic E-state index is 0.144. The van der Waals surface area contributed by atoms with Crippen LogP contribution in [0, 0.1) is 0 Å². The Hall–Kier alpha value is -3.26. The largest absolute Gasteiger partial charge is 0.465 e. The van der Waals surface area contributed by atoms with Gasteiger partial charge in [0.25, 0.3) is 5.91 Å². The highest BCUT2D eigenvalue weighted by molar-refractivity contribution is 8.14. The molecule has 0 unspecified atom stereocenters. The summed E-state index contributed by atoms with van der Waals surface area (Å²) in [6.45, 7) is 3.96. The van der Waals surface area contributed by atoms with Crippen molar-refractivity contribution in [3.63, 3.8) is 0 Å². The van der Waals surface area contributed by atoms with E-state index in [2.05, 4.69) is 10.6 Å². The van der Waals surface area contributed by atoms with Crippen molar-refractivity contribution in [3.8, 4) is 0 Å². The number of para-hydroxylation sites is 1. The van der Waals surface area contributed by atoms with Crippen molar-refractivity contribution in [1.82, 2.24) is 5.32 Å². The van der Waals surface area contributed by atoms with Gasteiger partial charge in [0, 0.05) is 31.2 Å². The number of benzene rings is 2. The molecule has 1 aliphatic rings. The van der Waals surface area contributed by atoms with Gasteiger partial charge in [0.1, 0.15) is 6.04 Å². The summed E-state index contributed by atoms with van der Waals surface area (Å²) in [5.74, 6) is -0.380. The first-order chi connectivity index (χ1) is 15.4. The van der Waals surface area contributed by atoms with Crippen molar-refractivity contribution in [2.45, 2.75) is 19.9 Å². The average Bonchev–Trinajstić information content (AvgIpc) is 2.78. The van der Waals surface area contributed by atoms with Crippen LogP contribution in [0.4, 0.5) is 11.4 Å². The molecule has 1 amide bonds. The van der Waals surface area contributed by atoms with E-state index in [-0.39, 0.29) is 17.6 Å². The van der Waals surface area contributed by atoms with Gasteiger partial charge in [-0.2, -0.15) is 0 Å². The SMILES string of the molecule is CCOC(=O)CSC1=N[C@@H](c2ccc(N(C)C)cc2)C(C(=O)Nc2ccccc2)=C(C)N1. The van der Waals surface area contributed by atoms with Crippen molar-refractivity contribution >= 4 is 40.2 Å². The van der Waals surface area contributed by atoms with Gasteiger partial charge in [0.05, 0.1) is 17.9 Å². The maximum Gasteiger partial charge on any atom is 0.316 e. The molecule has 0 fully saturated rings. The van der Waals surface area contributed by atoms with Crippen molar-refractivity contribution in [3.05, 3.63) is 71.4 Å². The Balaban J connectivity index is 1.90. The second-order valence-corrected chi connectivity index (χ2v) is 8.36. The molecule has 0 spiro atoms. The lowest BCUT2D eigenvalue weighted by atomic mass is 9.95. The number of esters is 1. The van der Waals surface area contributed by atoms with Crippen molar-refractivity contribution < 1.29 is 14.3 Å². The van der Waals surface area contributed by atoms with Gasteiger partial charge in [-0.15, -0.1) is 0 Å². The standard InChI is InChI=1S/C24H28N4O3S/c1-5-31-20(29)15-32-24-25-16(2)21(23(30)26-18-9-7-6-8-10-18)22(27-24)17-11-13-19(14-12-17)28(3)4/h6-14,22H,5,15H2,1-4H3,(H,25,27)(H,26,30)/t22-/m0/s1. The molecular weight excluding hydrogens is 424 g/mol. The molecular formula is C24H28N4O3S. The number of nitrogens with zero attached hydrogens (tertiary/aromatic N) is 2. The number of nitrogens with one attached hydrogen (secondary N) is 2. The number of carbonyl (C=O) groups is 2. The molecule has 2 aromatic carbocycles. The van der Waals surface area contributed by atoms with E-state index < -0.39 is 6.04 Å². The normalized spacial score (nSPS) is 15.5. The van der Waals surface area contributed by atoms with Gasteiger partial charge in [-0.1, -0.05) is 42.1 Å². The maximum absolute atomic E-state index is 13.2. The van der Waals surface area contributed by atoms with Crippen LogP contribution in [0.15, 0.2) is 70.9 Å². The van der Waals surface area contributed by atoms with E-state index in [1.807, 2.05) is 80.5 Å². The smallest absolute Gasteiger partial charge is 0.316 e. The quantitative estimate of drug-likeness (QED) is 0.619. The second-order valence-electron chi connectivity index (χ2n) is 7.40. The van der Waals surface area contributed by atoms with Crippen LogP contribution in [0.2, 0.25) is 0 Å². The summed E-state index contributed by atoms with van der Waals surface area (Å²) in [6.07, 6.45) is 0. The Morgan fingerprint density at radius 2 is 1.81 bits per heavy atom. The van der Waals surface area contributed by atoms with Gasteiger partial charge in [-0.3, -0.25) is 9.59 Å². The van der Waals surface area contributed by atoms with E-state index in [1.54, 1.807) is 6.92 Å². The number of thioether (sulfide) groups is 1. The Labute approximate surface area is 192 Å². The number of ether oxygens (including phenoxy) is 1. The molecule has 168 valence electrons. The Morgan fingerprint density at radius 3 is 2.44 bits per heavy atom. The molecule has 1 heterocycles. The molecule has 2 N–H and O–H groups in total. The van der Waals surface area contributed by atoms with Gasteiger partial charge < -0.3 is 20.3 Å². The third kappa shape index (κ3) is 5.91. The molecule has 1 aliphatic heterocycles. The molecule has 0 aliphatic carbocycles. The molecule has 32 heavy (non-hydrogen) atoms. The number of hydrogen-bond acceptors (Lipinski definition) is 7. The van der Waals surface area contributed by atoms with E-state index in [4.69, 9.17) is 9.73 Å². The third-order valence-corrected chi connectivity index (χ3v) is 5.71. The second kappa shape index (κ2) is 10.9. The zero-order valence-electron chi connectivity index (χ0n) is 18.7. The summed E-state index contributed by atoms with van der Waals surface area (Å²) in [4.78, 5) is 31.8. The summed E-state index contributed by atoms with van der Waals surface area (Å²) in [6, 6.07) is 16.8. The van der Waals surface area contributed by atoms with Crippen LogP contribution in [0.3, 0.4) is 0 Å². The third-order valence-electron chi connectivity index (χ3n) is 4.85. The van der Waals surface area contributed by atoms with Gasteiger partial charge >= 0.3 is 5.97 Å². The van der Waals surface area contributed by atoms with Gasteiger partial charge in [0.15, 0.2) is 5.17 Å². The van der Waals surface area contributed by atoms with Crippen LogP contribution in [0.25, 0.3) is 0 Å². The number of carbonyl (C=O) groups excluding carboxylic acids is 2. The summed E-state index contributed by atoms with van der Waals surface area (Å²) in [5, 5.41) is 6.71. The van der Waals surface area contributed by atoms with Crippen molar-refractivity contribution in [2.24, 2.45) is 4.99 Å². The highest BCUT2D eigenvalue weighted by atomic mass is 32.2. The molecule has 2 aromatic rings. The zero-order valence-corrected chi connectivity index (χ0v) is 19.5. The molecule has 3 rings (SSSR count). The fourth-order valence-electron chi connectivity index (χ4n) is 3.26. The van der Waals surface area contributed by atoms with Gasteiger partial charge in [-0.25, -0.2) is 4.99 Å². The van der Waals surface area contributed by atoms with Crippen molar-refractivity contribution in [2.75, 3.05) is 36.7 Å². The van der Waals surface area contributed by atoms with Crippen LogP contribution < -0.4 is 15.5 Å². The lowest BCUT2D eigenvalue weighted by Crippen LogP contribution is -2.32. The van der Waals surface area contributed by atoms with E-state index in [9.17, 15) is 9.59 Å². The number of rotatable bonds is 7. The lowest BCUT2D eigenvalue weighted by Gasteiger charge is -2.26. The molecule has 1 atom stereocenters. The van der Waals surface area contributed by atoms with E-state index >= 15 is 0 Å². The predicted octanol–water partition coefficient (Wildman–Crippen LogP) is 3.96. The summed E-state index contributed by atoms with van der Waals surface area (Å²) >= 11 is 1.26. The molecule has 0 bridgehead atoms. The first kappa shape index (κ1) is 23.4. The minimum atomic E-state index is -0.499. The Kier molecular flexibility index (Phi) is 7.94.